The minimum atomic E-state index is -0.00432. The Morgan fingerprint density at radius 2 is 1.92 bits per heavy atom. The zero-order chi connectivity index (χ0) is 25.6. The van der Waals surface area contributed by atoms with Crippen molar-refractivity contribution >= 4 is 17.5 Å². The van der Waals surface area contributed by atoms with Gasteiger partial charge in [0.05, 0.1) is 26.5 Å². The van der Waals surface area contributed by atoms with Crippen molar-refractivity contribution in [1.29, 1.82) is 0 Å². The molecular formula is C28H35N5O3. The van der Waals surface area contributed by atoms with Crippen LogP contribution in [0.3, 0.4) is 0 Å². The fraction of sp³-hybridized carbons (Fsp3) is 0.286. The second-order valence-electron chi connectivity index (χ2n) is 7.99. The van der Waals surface area contributed by atoms with Crippen LogP contribution in [0, 0.1) is 0 Å². The first-order valence-corrected chi connectivity index (χ1v) is 11.8. The van der Waals surface area contributed by atoms with Crippen molar-refractivity contribution in [3.63, 3.8) is 0 Å². The number of aromatic nitrogens is 1. The summed E-state index contributed by atoms with van der Waals surface area (Å²) >= 11 is 0. The highest BCUT2D eigenvalue weighted by molar-refractivity contribution is 6.09. The molecule has 1 aliphatic rings. The molecule has 1 unspecified atom stereocenters. The van der Waals surface area contributed by atoms with E-state index in [0.717, 1.165) is 46.9 Å². The lowest BCUT2D eigenvalue weighted by Gasteiger charge is -2.27. The monoisotopic (exact) mass is 489 g/mol. The van der Waals surface area contributed by atoms with E-state index in [1.165, 1.54) is 6.20 Å². The highest BCUT2D eigenvalue weighted by Gasteiger charge is 2.21. The summed E-state index contributed by atoms with van der Waals surface area (Å²) in [6.45, 7) is 2.22. The fourth-order valence-corrected chi connectivity index (χ4v) is 3.65. The third kappa shape index (κ3) is 7.74. The van der Waals surface area contributed by atoms with Gasteiger partial charge in [0.15, 0.2) is 0 Å². The van der Waals surface area contributed by atoms with Crippen molar-refractivity contribution in [3.05, 3.63) is 84.2 Å². The topological polar surface area (TPSA) is 103 Å². The van der Waals surface area contributed by atoms with Crippen molar-refractivity contribution in [2.75, 3.05) is 46.2 Å². The molecule has 190 valence electrons. The summed E-state index contributed by atoms with van der Waals surface area (Å²) in [6.07, 6.45) is 5.81. The quantitative estimate of drug-likeness (QED) is 0.310. The first-order chi connectivity index (χ1) is 17.7. The van der Waals surface area contributed by atoms with Crippen LogP contribution in [0.15, 0.2) is 78.1 Å². The van der Waals surface area contributed by atoms with E-state index >= 15 is 0 Å². The predicted molar refractivity (Wildman–Crippen MR) is 146 cm³/mol. The Bertz CT molecular complexity index is 1110. The van der Waals surface area contributed by atoms with Gasteiger partial charge in [-0.15, -0.1) is 0 Å². The number of pyridine rings is 1. The first kappa shape index (κ1) is 26.6. The number of nitrogens with one attached hydrogen (secondary N) is 2. The van der Waals surface area contributed by atoms with Gasteiger partial charge < -0.3 is 30.6 Å². The third-order valence-electron chi connectivity index (χ3n) is 5.53. The van der Waals surface area contributed by atoms with Crippen LogP contribution in [0.1, 0.15) is 11.1 Å². The first-order valence-electron chi connectivity index (χ1n) is 11.8. The molecule has 0 saturated carbocycles. The van der Waals surface area contributed by atoms with Gasteiger partial charge in [0.25, 0.3) is 0 Å². The second kappa shape index (κ2) is 14.4. The van der Waals surface area contributed by atoms with Crippen LogP contribution >= 0.6 is 0 Å². The van der Waals surface area contributed by atoms with E-state index in [0.29, 0.717) is 19.0 Å². The molecule has 4 rings (SSSR count). The molecule has 3 aromatic rings. The number of nitrogens with two attached hydrogens (primary N) is 1. The van der Waals surface area contributed by atoms with E-state index < -0.39 is 0 Å². The standard InChI is InChI=1S/C22H29N5O3.C6H6/c1-24-11-17(10-23)16-8-20-22(27-12-16)30-19(14-26-20)13-25-7-6-15-4-5-18(28-2)9-21(15)29-3;1-2-4-6-5-3-1/h4-5,8-12,19,25-26H,6-7,13-14,23H2,1-3H3;1-6H/b17-10+,24-11?;. The molecule has 8 heteroatoms. The summed E-state index contributed by atoms with van der Waals surface area (Å²) in [5.74, 6) is 2.22. The molecule has 8 nitrogen and oxygen atoms in total. The van der Waals surface area contributed by atoms with Crippen LogP contribution in [0.2, 0.25) is 0 Å². The molecule has 2 heterocycles. The Labute approximate surface area is 213 Å². The van der Waals surface area contributed by atoms with Gasteiger partial charge in [0.2, 0.25) is 5.88 Å². The lowest BCUT2D eigenvalue weighted by molar-refractivity contribution is 0.194. The predicted octanol–water partition coefficient (Wildman–Crippen LogP) is 3.79. The molecule has 36 heavy (non-hydrogen) atoms. The highest BCUT2D eigenvalue weighted by atomic mass is 16.5. The van der Waals surface area contributed by atoms with Gasteiger partial charge >= 0.3 is 0 Å². The van der Waals surface area contributed by atoms with E-state index in [4.69, 9.17) is 19.9 Å². The van der Waals surface area contributed by atoms with Gasteiger partial charge in [-0.25, -0.2) is 4.98 Å². The Hall–Kier alpha value is -4.04. The number of aliphatic imine (C=N–C) groups is 1. The van der Waals surface area contributed by atoms with Gasteiger partial charge in [-0.3, -0.25) is 4.99 Å². The summed E-state index contributed by atoms with van der Waals surface area (Å²) in [7, 11) is 5.03. The highest BCUT2D eigenvalue weighted by Crippen LogP contribution is 2.29. The van der Waals surface area contributed by atoms with Crippen LogP contribution in [0.5, 0.6) is 17.4 Å². The summed E-state index contributed by atoms with van der Waals surface area (Å²) in [6, 6.07) is 19.9. The van der Waals surface area contributed by atoms with Gasteiger partial charge in [-0.2, -0.15) is 0 Å². The number of ether oxygens (including phenoxy) is 3. The summed E-state index contributed by atoms with van der Waals surface area (Å²) in [4.78, 5) is 8.45. The Morgan fingerprint density at radius 3 is 2.56 bits per heavy atom. The van der Waals surface area contributed by atoms with Gasteiger partial charge in [0, 0.05) is 49.4 Å². The van der Waals surface area contributed by atoms with Gasteiger partial charge in [-0.1, -0.05) is 42.5 Å². The SMILES string of the molecule is CN=C/C(=C\N)c1cnc2c(c1)NCC(CNCCc1ccc(OC)cc1OC)O2.c1ccccc1. The molecule has 0 amide bonds. The van der Waals surface area contributed by atoms with Crippen molar-refractivity contribution < 1.29 is 14.2 Å². The summed E-state index contributed by atoms with van der Waals surface area (Å²) in [5, 5.41) is 6.84. The van der Waals surface area contributed by atoms with E-state index in [9.17, 15) is 0 Å². The maximum Gasteiger partial charge on any atom is 0.237 e. The Morgan fingerprint density at radius 1 is 1.17 bits per heavy atom. The zero-order valence-electron chi connectivity index (χ0n) is 21.1. The van der Waals surface area contributed by atoms with Crippen LogP contribution < -0.4 is 30.6 Å². The lowest BCUT2D eigenvalue weighted by Crippen LogP contribution is -2.40. The molecular weight excluding hydrogens is 454 g/mol. The maximum absolute atomic E-state index is 6.03. The number of methoxy groups -OCH3 is 2. The van der Waals surface area contributed by atoms with Crippen molar-refractivity contribution in [3.8, 4) is 17.4 Å². The number of benzene rings is 2. The largest absolute Gasteiger partial charge is 0.497 e. The number of hydrogen-bond donors (Lipinski definition) is 3. The minimum absolute atomic E-state index is 0.00432. The second-order valence-corrected chi connectivity index (χ2v) is 7.99. The third-order valence-corrected chi connectivity index (χ3v) is 5.53. The number of nitrogens with zero attached hydrogens (tertiary/aromatic N) is 2. The number of anilines is 1. The lowest BCUT2D eigenvalue weighted by atomic mass is 10.1. The summed E-state index contributed by atoms with van der Waals surface area (Å²) < 4.78 is 16.7. The molecule has 2 aromatic carbocycles. The van der Waals surface area contributed by atoms with E-state index in [-0.39, 0.29) is 6.10 Å². The molecule has 0 fully saturated rings. The minimum Gasteiger partial charge on any atom is -0.497 e. The molecule has 1 aliphatic heterocycles. The van der Waals surface area contributed by atoms with Crippen LogP contribution in [-0.2, 0) is 6.42 Å². The van der Waals surface area contributed by atoms with E-state index in [1.54, 1.807) is 33.7 Å². The molecule has 0 radical (unpaired) electrons. The van der Waals surface area contributed by atoms with Gasteiger partial charge in [-0.05, 0) is 30.7 Å². The number of rotatable bonds is 9. The van der Waals surface area contributed by atoms with Gasteiger partial charge in [0.1, 0.15) is 17.6 Å². The zero-order valence-corrected chi connectivity index (χ0v) is 21.1. The fourth-order valence-electron chi connectivity index (χ4n) is 3.65. The molecule has 0 bridgehead atoms. The normalized spacial score (nSPS) is 14.6. The molecule has 0 spiro atoms. The van der Waals surface area contributed by atoms with Crippen molar-refractivity contribution in [1.82, 2.24) is 10.3 Å². The van der Waals surface area contributed by atoms with Crippen molar-refractivity contribution in [2.24, 2.45) is 10.7 Å². The van der Waals surface area contributed by atoms with Crippen LogP contribution in [-0.4, -0.2) is 58.2 Å². The smallest absolute Gasteiger partial charge is 0.237 e. The number of hydrogen-bond acceptors (Lipinski definition) is 8. The molecule has 0 aliphatic carbocycles. The average Bonchev–Trinajstić information content (AvgIpc) is 2.95. The Kier molecular flexibility index (Phi) is 10.6. The van der Waals surface area contributed by atoms with E-state index in [1.807, 2.05) is 60.7 Å². The average molecular weight is 490 g/mol. The van der Waals surface area contributed by atoms with E-state index in [2.05, 4.69) is 20.6 Å². The van der Waals surface area contributed by atoms with Crippen LogP contribution in [0.4, 0.5) is 5.69 Å². The molecule has 1 atom stereocenters. The number of allylic oxidation sites excluding steroid dienone is 1. The molecule has 4 N–H and O–H groups in total. The van der Waals surface area contributed by atoms with Crippen LogP contribution in [0.25, 0.3) is 5.57 Å². The molecule has 1 aromatic heterocycles. The number of fused-ring (bicyclic) bond motifs is 1. The molecule has 0 saturated heterocycles. The Balaban J connectivity index is 0.000000526. The maximum atomic E-state index is 6.03. The summed E-state index contributed by atoms with van der Waals surface area (Å²) in [5.41, 5.74) is 9.37. The van der Waals surface area contributed by atoms with Crippen molar-refractivity contribution in [2.45, 2.75) is 12.5 Å².